The van der Waals surface area contributed by atoms with Crippen molar-refractivity contribution in [3.63, 3.8) is 0 Å². The normalized spacial score (nSPS) is 41.6. The van der Waals surface area contributed by atoms with Gasteiger partial charge in [0.1, 0.15) is 24.0 Å². The highest BCUT2D eigenvalue weighted by Gasteiger charge is 2.55. The van der Waals surface area contributed by atoms with Gasteiger partial charge in [0.15, 0.2) is 5.72 Å². The molecule has 0 spiro atoms. The first kappa shape index (κ1) is 46.2. The maximum absolute atomic E-state index is 14.3. The van der Waals surface area contributed by atoms with Crippen LogP contribution in [0.3, 0.4) is 0 Å². The molecule has 318 valence electrons. The molecule has 1 amide bonds. The molecule has 4 aliphatic rings. The number of ether oxygens (including phenoxy) is 5. The molecule has 0 aromatic carbocycles. The van der Waals surface area contributed by atoms with Crippen molar-refractivity contribution < 1.29 is 53.1 Å². The van der Waals surface area contributed by atoms with Crippen molar-refractivity contribution in [2.45, 2.75) is 167 Å². The molecule has 14 atom stereocenters. The number of methoxy groups -OCH3 is 3. The van der Waals surface area contributed by atoms with Crippen LogP contribution in [0.2, 0.25) is 0 Å². The Morgan fingerprint density at radius 1 is 0.929 bits per heavy atom. The lowest BCUT2D eigenvalue weighted by atomic mass is 9.81. The van der Waals surface area contributed by atoms with E-state index in [-0.39, 0.29) is 43.1 Å². The summed E-state index contributed by atoms with van der Waals surface area (Å²) in [7, 11) is 4.72. The Balaban J connectivity index is 1.76. The fraction of sp³-hybridized carbons (Fsp3) is 0.814. The zero-order chi connectivity index (χ0) is 41.5. The first-order chi connectivity index (χ1) is 26.5. The number of allylic oxidation sites excluding steroid dienone is 3. The van der Waals surface area contributed by atoms with Crippen LogP contribution in [-0.4, -0.2) is 121 Å². The van der Waals surface area contributed by atoms with E-state index in [0.29, 0.717) is 63.4 Å². The summed E-state index contributed by atoms with van der Waals surface area (Å²) >= 11 is 0. The summed E-state index contributed by atoms with van der Waals surface area (Å²) in [6.45, 7) is 11.5. The van der Waals surface area contributed by atoms with Gasteiger partial charge < -0.3 is 38.8 Å². The van der Waals surface area contributed by atoms with Gasteiger partial charge in [-0.15, -0.1) is 0 Å². The summed E-state index contributed by atoms with van der Waals surface area (Å²) in [5.74, 6) is -4.28. The molecule has 3 heterocycles. The van der Waals surface area contributed by atoms with Gasteiger partial charge in [-0.1, -0.05) is 45.4 Å². The molecule has 3 fully saturated rings. The molecular formula is C43H70N2O11. The Morgan fingerprint density at radius 3 is 2.23 bits per heavy atom. The monoisotopic (exact) mass is 790 g/mol. The van der Waals surface area contributed by atoms with Crippen LogP contribution in [0, 0.1) is 29.6 Å². The largest absolute Gasteiger partial charge is 0.456 e. The number of Topliss-reactive ketones (excluding diaryl/α,β-unsaturated/α-hetero) is 2. The predicted molar refractivity (Wildman–Crippen MR) is 210 cm³/mol. The lowest BCUT2D eigenvalue weighted by molar-refractivity contribution is -0.233. The molecule has 2 bridgehead atoms. The molecule has 0 aromatic heterocycles. The van der Waals surface area contributed by atoms with Gasteiger partial charge in [-0.25, -0.2) is 4.79 Å². The number of carbonyl (C=O) groups is 4. The Morgan fingerprint density at radius 2 is 1.59 bits per heavy atom. The minimum atomic E-state index is -2.00. The van der Waals surface area contributed by atoms with E-state index in [1.165, 1.54) is 4.90 Å². The number of piperidine rings is 1. The van der Waals surface area contributed by atoms with E-state index < -0.39 is 83.8 Å². The van der Waals surface area contributed by atoms with Crippen molar-refractivity contribution in [2.75, 3.05) is 27.9 Å². The number of nitrogens with two attached hydrogens (primary N) is 1. The molecule has 3 aliphatic heterocycles. The quantitative estimate of drug-likeness (QED) is 0.196. The molecule has 13 nitrogen and oxygen atoms in total. The first-order valence-electron chi connectivity index (χ1n) is 20.8. The fourth-order valence-electron chi connectivity index (χ4n) is 9.44. The first-order valence-corrected chi connectivity index (χ1v) is 20.8. The highest BCUT2D eigenvalue weighted by atomic mass is 16.6. The maximum atomic E-state index is 14.3. The highest BCUT2D eigenvalue weighted by molar-refractivity contribution is 6.39. The summed E-state index contributed by atoms with van der Waals surface area (Å²) < 4.78 is 30.1. The number of aliphatic hydroxyl groups is 2. The van der Waals surface area contributed by atoms with Crippen molar-refractivity contribution >= 4 is 23.4 Å². The number of amides is 1. The molecule has 13 heteroatoms. The number of hydrogen-bond donors (Lipinski definition) is 3. The van der Waals surface area contributed by atoms with Crippen molar-refractivity contribution in [1.29, 1.82) is 0 Å². The standard InChI is InChI=1S/C43H70N2O11/c1-10-30-18-24(2)17-25(3)19-36(53-8)39-37(54-9)21-27(5)43(44,56-39)40(49)41(50)45-16-12-11-13-31(45)42(51)55-38(28(6)33(47)23-34(30)48)26(4)20-29-14-15-32(46)35(22-29)52-7/h18,20,25,27-33,35-39,46-47H,10-17,19,21-23,44H2,1-9H3/b24-18+,26-20+/t25-,27+,28+,29?,30+,31-,32+,33-,35+,36-,37-,38+,39+,43+/m0/s1. The van der Waals surface area contributed by atoms with E-state index in [4.69, 9.17) is 29.4 Å². The van der Waals surface area contributed by atoms with Gasteiger partial charge in [0.25, 0.3) is 11.7 Å². The Hall–Kier alpha value is -2.52. The second kappa shape index (κ2) is 20.4. The topological polar surface area (TPSA) is 184 Å². The van der Waals surface area contributed by atoms with E-state index in [1.54, 1.807) is 35.2 Å². The molecular weight excluding hydrogens is 720 g/mol. The van der Waals surface area contributed by atoms with Gasteiger partial charge in [-0.3, -0.25) is 20.1 Å². The number of esters is 1. The van der Waals surface area contributed by atoms with Crippen LogP contribution in [0.25, 0.3) is 0 Å². The fourth-order valence-corrected chi connectivity index (χ4v) is 9.44. The van der Waals surface area contributed by atoms with E-state index in [0.717, 1.165) is 5.57 Å². The number of nitrogens with zero attached hydrogens (tertiary/aromatic N) is 1. The van der Waals surface area contributed by atoms with Crippen molar-refractivity contribution in [3.8, 4) is 0 Å². The molecule has 2 saturated heterocycles. The molecule has 56 heavy (non-hydrogen) atoms. The van der Waals surface area contributed by atoms with Crippen LogP contribution in [-0.2, 0) is 42.9 Å². The summed E-state index contributed by atoms with van der Waals surface area (Å²) in [6.07, 6.45) is 4.49. The summed E-state index contributed by atoms with van der Waals surface area (Å²) in [5, 5.41) is 22.1. The third-order valence-electron chi connectivity index (χ3n) is 13.0. The van der Waals surface area contributed by atoms with E-state index in [2.05, 4.69) is 6.92 Å². The van der Waals surface area contributed by atoms with Crippen LogP contribution in [0.4, 0.5) is 0 Å². The number of aliphatic hydroxyl groups excluding tert-OH is 2. The van der Waals surface area contributed by atoms with Gasteiger partial charge in [0.05, 0.1) is 30.5 Å². The molecule has 1 saturated carbocycles. The molecule has 0 aromatic rings. The van der Waals surface area contributed by atoms with E-state index in [9.17, 15) is 29.4 Å². The number of rotatable bonds is 6. The zero-order valence-corrected chi connectivity index (χ0v) is 35.2. The van der Waals surface area contributed by atoms with Crippen LogP contribution in [0.1, 0.15) is 112 Å². The highest BCUT2D eigenvalue weighted by Crippen LogP contribution is 2.38. The third-order valence-corrected chi connectivity index (χ3v) is 13.0. The lowest BCUT2D eigenvalue weighted by Crippen LogP contribution is -2.68. The molecule has 1 unspecified atom stereocenters. The Kier molecular flexibility index (Phi) is 16.9. The Bertz CT molecular complexity index is 1430. The van der Waals surface area contributed by atoms with Gasteiger partial charge >= 0.3 is 5.97 Å². The number of ketones is 2. The third kappa shape index (κ3) is 10.7. The maximum Gasteiger partial charge on any atom is 0.329 e. The van der Waals surface area contributed by atoms with Crippen LogP contribution in [0.15, 0.2) is 23.3 Å². The van der Waals surface area contributed by atoms with Gasteiger partial charge in [-0.05, 0) is 95.5 Å². The molecule has 1 aliphatic carbocycles. The van der Waals surface area contributed by atoms with Gasteiger partial charge in [0, 0.05) is 52.0 Å². The van der Waals surface area contributed by atoms with Crippen LogP contribution < -0.4 is 5.73 Å². The SMILES string of the molecule is CC[C@@H]1/C=C(\C)C[C@H](C)C[C@H](OC)[C@H]2O[C@@](N)(C(=O)C(=O)N3CCCC[C@H]3C(=O)O[C@H](/C(C)=C/C3CC[C@@H](O)[C@H](OC)C3)[C@H](C)[C@@H](O)CC1=O)[C@H](C)C[C@@H]2OC. The predicted octanol–water partition coefficient (Wildman–Crippen LogP) is 4.44. The van der Waals surface area contributed by atoms with Gasteiger partial charge in [0.2, 0.25) is 0 Å². The van der Waals surface area contributed by atoms with Gasteiger partial charge in [-0.2, -0.15) is 0 Å². The van der Waals surface area contributed by atoms with E-state index in [1.807, 2.05) is 32.9 Å². The van der Waals surface area contributed by atoms with Crippen molar-refractivity contribution in [1.82, 2.24) is 4.90 Å². The van der Waals surface area contributed by atoms with E-state index >= 15 is 0 Å². The molecule has 4 rings (SSSR count). The Labute approximate surface area is 334 Å². The number of carbonyl (C=O) groups excluding carboxylic acids is 4. The smallest absolute Gasteiger partial charge is 0.329 e. The van der Waals surface area contributed by atoms with Crippen LogP contribution >= 0.6 is 0 Å². The number of fused-ring (bicyclic) bond motifs is 3. The average Bonchev–Trinajstić information content (AvgIpc) is 3.18. The number of hydrogen-bond acceptors (Lipinski definition) is 12. The second-order valence-corrected chi connectivity index (χ2v) is 17.3. The molecule has 4 N–H and O–H groups in total. The minimum Gasteiger partial charge on any atom is -0.456 e. The number of cyclic esters (lactones) is 1. The van der Waals surface area contributed by atoms with Crippen molar-refractivity contribution in [3.05, 3.63) is 23.3 Å². The summed E-state index contributed by atoms with van der Waals surface area (Å²) in [4.78, 5) is 58.0. The molecule has 0 radical (unpaired) electrons. The second-order valence-electron chi connectivity index (χ2n) is 17.3. The minimum absolute atomic E-state index is 0.0148. The zero-order valence-electron chi connectivity index (χ0n) is 35.2. The summed E-state index contributed by atoms with van der Waals surface area (Å²) in [5.41, 5.74) is 6.54. The summed E-state index contributed by atoms with van der Waals surface area (Å²) in [6, 6.07) is -1.08. The van der Waals surface area contributed by atoms with Crippen molar-refractivity contribution in [2.24, 2.45) is 35.3 Å². The average molecular weight is 791 g/mol. The van der Waals surface area contributed by atoms with Crippen LogP contribution in [0.5, 0.6) is 0 Å². The lowest BCUT2D eigenvalue weighted by Gasteiger charge is -2.47.